The van der Waals surface area contributed by atoms with Gasteiger partial charge >= 0.3 is 0 Å². The van der Waals surface area contributed by atoms with Crippen LogP contribution >= 0.6 is 0 Å². The lowest BCUT2D eigenvalue weighted by Crippen LogP contribution is -1.98. The molecule has 5 heteroatoms. The van der Waals surface area contributed by atoms with Crippen molar-refractivity contribution in [3.63, 3.8) is 0 Å². The molecule has 1 aromatic heterocycles. The van der Waals surface area contributed by atoms with Gasteiger partial charge in [0.25, 0.3) is 0 Å². The molecule has 0 spiro atoms. The van der Waals surface area contributed by atoms with Gasteiger partial charge in [0.1, 0.15) is 23.7 Å². The molecule has 5 nitrogen and oxygen atoms in total. The van der Waals surface area contributed by atoms with Crippen LogP contribution in [0.2, 0.25) is 0 Å². The van der Waals surface area contributed by atoms with Gasteiger partial charge in [-0.3, -0.25) is 0 Å². The number of anilines is 4. The molecule has 0 aliphatic heterocycles. The highest BCUT2D eigenvalue weighted by atomic mass is 16.5. The first-order valence-corrected chi connectivity index (χ1v) is 7.30. The summed E-state index contributed by atoms with van der Waals surface area (Å²) in [5.41, 5.74) is 3.13. The smallest absolute Gasteiger partial charge is 0.135 e. The maximum Gasteiger partial charge on any atom is 0.135 e. The van der Waals surface area contributed by atoms with Crippen LogP contribution < -0.4 is 15.4 Å². The third-order valence-electron chi connectivity index (χ3n) is 3.32. The van der Waals surface area contributed by atoms with Crippen molar-refractivity contribution < 1.29 is 4.74 Å². The van der Waals surface area contributed by atoms with E-state index in [2.05, 4.69) is 39.7 Å². The summed E-state index contributed by atoms with van der Waals surface area (Å²) in [5, 5.41) is 6.52. The highest BCUT2D eigenvalue weighted by molar-refractivity contribution is 5.63. The zero-order valence-corrected chi connectivity index (χ0v) is 13.1. The van der Waals surface area contributed by atoms with Gasteiger partial charge in [-0.1, -0.05) is 12.1 Å². The number of rotatable bonds is 5. The Bertz CT molecular complexity index is 787. The number of benzene rings is 2. The Hall–Kier alpha value is -3.08. The van der Waals surface area contributed by atoms with E-state index in [0.717, 1.165) is 28.8 Å². The largest absolute Gasteiger partial charge is 0.497 e. The molecule has 23 heavy (non-hydrogen) atoms. The fourth-order valence-electron chi connectivity index (χ4n) is 2.19. The molecule has 0 saturated heterocycles. The van der Waals surface area contributed by atoms with Gasteiger partial charge in [0.2, 0.25) is 0 Å². The average Bonchev–Trinajstić information content (AvgIpc) is 2.56. The van der Waals surface area contributed by atoms with Gasteiger partial charge in [-0.2, -0.15) is 0 Å². The van der Waals surface area contributed by atoms with E-state index in [-0.39, 0.29) is 0 Å². The number of hydrogen-bond donors (Lipinski definition) is 2. The molecule has 3 rings (SSSR count). The number of ether oxygens (including phenoxy) is 1. The minimum Gasteiger partial charge on any atom is -0.497 e. The maximum atomic E-state index is 5.15. The van der Waals surface area contributed by atoms with Crippen molar-refractivity contribution in [2.75, 3.05) is 17.7 Å². The van der Waals surface area contributed by atoms with E-state index in [9.17, 15) is 0 Å². The molecular weight excluding hydrogens is 288 g/mol. The molecule has 0 unspecified atom stereocenters. The van der Waals surface area contributed by atoms with E-state index >= 15 is 0 Å². The zero-order chi connectivity index (χ0) is 16.1. The van der Waals surface area contributed by atoms with E-state index < -0.39 is 0 Å². The summed E-state index contributed by atoms with van der Waals surface area (Å²) in [4.78, 5) is 8.49. The van der Waals surface area contributed by atoms with Gasteiger partial charge in [-0.05, 0) is 48.9 Å². The predicted octanol–water partition coefficient (Wildman–Crippen LogP) is 4.28. The molecule has 0 aliphatic rings. The van der Waals surface area contributed by atoms with Crippen molar-refractivity contribution in [1.82, 2.24) is 9.97 Å². The summed E-state index contributed by atoms with van der Waals surface area (Å²) < 4.78 is 5.15. The minimum atomic E-state index is 0.723. The molecule has 0 fully saturated rings. The summed E-state index contributed by atoms with van der Waals surface area (Å²) in [6.45, 7) is 2.06. The molecule has 0 radical (unpaired) electrons. The SMILES string of the molecule is COc1ccc(Nc2cc(Nc3cccc(C)c3)ncn2)cc1. The summed E-state index contributed by atoms with van der Waals surface area (Å²) in [7, 11) is 1.65. The number of hydrogen-bond acceptors (Lipinski definition) is 5. The lowest BCUT2D eigenvalue weighted by Gasteiger charge is -2.09. The normalized spacial score (nSPS) is 10.2. The average molecular weight is 306 g/mol. The molecule has 0 bridgehead atoms. The Kier molecular flexibility index (Phi) is 4.38. The molecule has 0 saturated carbocycles. The Morgan fingerprint density at radius 1 is 0.826 bits per heavy atom. The monoisotopic (exact) mass is 306 g/mol. The second-order valence-electron chi connectivity index (χ2n) is 5.14. The van der Waals surface area contributed by atoms with Gasteiger partial charge in [-0.25, -0.2) is 9.97 Å². The molecule has 3 aromatic rings. The number of nitrogens with zero attached hydrogens (tertiary/aromatic N) is 2. The van der Waals surface area contributed by atoms with Crippen molar-refractivity contribution in [2.24, 2.45) is 0 Å². The van der Waals surface area contributed by atoms with Crippen molar-refractivity contribution in [3.05, 3.63) is 66.5 Å². The van der Waals surface area contributed by atoms with Gasteiger partial charge < -0.3 is 15.4 Å². The molecule has 1 heterocycles. The molecular formula is C18H18N4O. The number of aromatic nitrogens is 2. The third-order valence-corrected chi connectivity index (χ3v) is 3.32. The molecule has 0 amide bonds. The first-order chi connectivity index (χ1) is 11.2. The van der Waals surface area contributed by atoms with Crippen LogP contribution in [0.25, 0.3) is 0 Å². The van der Waals surface area contributed by atoms with Crippen molar-refractivity contribution in [2.45, 2.75) is 6.92 Å². The second-order valence-corrected chi connectivity index (χ2v) is 5.14. The summed E-state index contributed by atoms with van der Waals surface area (Å²) in [6.07, 6.45) is 1.53. The van der Waals surface area contributed by atoms with E-state index in [1.165, 1.54) is 11.9 Å². The fraction of sp³-hybridized carbons (Fsp3) is 0.111. The number of nitrogens with one attached hydrogen (secondary N) is 2. The molecule has 116 valence electrons. The van der Waals surface area contributed by atoms with Gasteiger partial charge in [0, 0.05) is 17.4 Å². The summed E-state index contributed by atoms with van der Waals surface area (Å²) in [6, 6.07) is 17.7. The van der Waals surface area contributed by atoms with E-state index in [1.54, 1.807) is 7.11 Å². The lowest BCUT2D eigenvalue weighted by atomic mass is 10.2. The Labute approximate surface area is 135 Å². The molecule has 2 aromatic carbocycles. The highest BCUT2D eigenvalue weighted by Gasteiger charge is 2.01. The molecule has 0 atom stereocenters. The summed E-state index contributed by atoms with van der Waals surface area (Å²) >= 11 is 0. The van der Waals surface area contributed by atoms with Gasteiger partial charge in [0.15, 0.2) is 0 Å². The minimum absolute atomic E-state index is 0.723. The topological polar surface area (TPSA) is 59.1 Å². The second kappa shape index (κ2) is 6.79. The van der Waals surface area contributed by atoms with Crippen molar-refractivity contribution in [3.8, 4) is 5.75 Å². The lowest BCUT2D eigenvalue weighted by molar-refractivity contribution is 0.415. The van der Waals surface area contributed by atoms with Crippen molar-refractivity contribution >= 4 is 23.0 Å². The van der Waals surface area contributed by atoms with E-state index in [4.69, 9.17) is 4.74 Å². The van der Waals surface area contributed by atoms with Crippen molar-refractivity contribution in [1.29, 1.82) is 0 Å². The van der Waals surface area contributed by atoms with Gasteiger partial charge in [-0.15, -0.1) is 0 Å². The molecule has 2 N–H and O–H groups in total. The van der Waals surface area contributed by atoms with Crippen LogP contribution in [0.15, 0.2) is 60.9 Å². The van der Waals surface area contributed by atoms with Gasteiger partial charge in [0.05, 0.1) is 7.11 Å². The zero-order valence-electron chi connectivity index (χ0n) is 13.1. The van der Waals surface area contributed by atoms with E-state index in [1.807, 2.05) is 42.5 Å². The first-order valence-electron chi connectivity index (χ1n) is 7.30. The fourth-order valence-corrected chi connectivity index (χ4v) is 2.19. The van der Waals surface area contributed by atoms with Crippen LogP contribution in [0.4, 0.5) is 23.0 Å². The van der Waals surface area contributed by atoms with Crippen LogP contribution in [0, 0.1) is 6.92 Å². The molecule has 0 aliphatic carbocycles. The Morgan fingerprint density at radius 2 is 1.52 bits per heavy atom. The Balaban J connectivity index is 1.74. The van der Waals surface area contributed by atoms with Crippen LogP contribution in [-0.4, -0.2) is 17.1 Å². The van der Waals surface area contributed by atoms with Crippen LogP contribution in [0.1, 0.15) is 5.56 Å². The number of aryl methyl sites for hydroxylation is 1. The summed E-state index contributed by atoms with van der Waals surface area (Å²) in [5.74, 6) is 2.28. The number of methoxy groups -OCH3 is 1. The third kappa shape index (κ3) is 3.97. The maximum absolute atomic E-state index is 5.15. The quantitative estimate of drug-likeness (QED) is 0.736. The Morgan fingerprint density at radius 3 is 2.17 bits per heavy atom. The highest BCUT2D eigenvalue weighted by Crippen LogP contribution is 2.21. The van der Waals surface area contributed by atoms with E-state index in [0.29, 0.717) is 0 Å². The predicted molar refractivity (Wildman–Crippen MR) is 92.8 cm³/mol. The van der Waals surface area contributed by atoms with Crippen LogP contribution in [0.5, 0.6) is 5.75 Å². The standard InChI is InChI=1S/C18H18N4O/c1-13-4-3-5-15(10-13)22-18-11-17(19-12-20-18)21-14-6-8-16(23-2)9-7-14/h3-12H,1-2H3,(H2,19,20,21,22). The first kappa shape index (κ1) is 14.8. The van der Waals surface area contributed by atoms with Crippen LogP contribution in [0.3, 0.4) is 0 Å². The van der Waals surface area contributed by atoms with Crippen LogP contribution in [-0.2, 0) is 0 Å².